The van der Waals surface area contributed by atoms with Gasteiger partial charge in [0.25, 0.3) is 5.91 Å². The number of carbonyl (C=O) groups is 2. The van der Waals surface area contributed by atoms with E-state index in [1.54, 1.807) is 4.90 Å². The zero-order chi connectivity index (χ0) is 25.5. The van der Waals surface area contributed by atoms with E-state index in [-0.39, 0.29) is 24.5 Å². The average molecular weight is 552 g/mol. The molecular weight excluding hydrogens is 516 g/mol. The second-order valence-corrected chi connectivity index (χ2v) is 10.4. The predicted octanol–water partition coefficient (Wildman–Crippen LogP) is 6.55. The average Bonchev–Trinajstić information content (AvgIpc) is 2.90. The van der Waals surface area contributed by atoms with Crippen molar-refractivity contribution in [3.05, 3.63) is 76.3 Å². The number of amides is 2. The quantitative estimate of drug-likeness (QED) is 0.328. The maximum absolute atomic E-state index is 13.6. The number of hydrogen-bond acceptors (Lipinski definition) is 3. The van der Waals surface area contributed by atoms with Gasteiger partial charge >= 0.3 is 0 Å². The third-order valence-electron chi connectivity index (χ3n) is 7.12. The molecule has 1 N–H and O–H groups in total. The van der Waals surface area contributed by atoms with Crippen molar-refractivity contribution < 1.29 is 14.3 Å². The zero-order valence-electron chi connectivity index (χ0n) is 21.1. The number of benzene rings is 3. The normalized spacial score (nSPS) is 14.9. The number of rotatable bonds is 9. The molecule has 6 heteroatoms. The molecule has 0 unspecified atom stereocenters. The summed E-state index contributed by atoms with van der Waals surface area (Å²) in [5.41, 5.74) is 2.12. The maximum Gasteiger partial charge on any atom is 0.261 e. The Morgan fingerprint density at radius 2 is 1.75 bits per heavy atom. The van der Waals surface area contributed by atoms with E-state index in [2.05, 4.69) is 21.2 Å². The van der Waals surface area contributed by atoms with Gasteiger partial charge in [0.05, 0.1) is 4.47 Å². The monoisotopic (exact) mass is 550 g/mol. The highest BCUT2D eigenvalue weighted by molar-refractivity contribution is 9.10. The van der Waals surface area contributed by atoms with Gasteiger partial charge in [0.2, 0.25) is 5.91 Å². The van der Waals surface area contributed by atoms with E-state index in [0.717, 1.165) is 52.1 Å². The third kappa shape index (κ3) is 6.28. The Kier molecular flexibility index (Phi) is 9.03. The highest BCUT2D eigenvalue weighted by atomic mass is 79.9. The van der Waals surface area contributed by atoms with E-state index in [1.807, 2.05) is 74.5 Å². The molecular formula is C30H35BrN2O3. The summed E-state index contributed by atoms with van der Waals surface area (Å²) in [5.74, 6) is 0.333. The Morgan fingerprint density at radius 1 is 1.03 bits per heavy atom. The largest absolute Gasteiger partial charge is 0.483 e. The van der Waals surface area contributed by atoms with Gasteiger partial charge in [0.15, 0.2) is 6.61 Å². The van der Waals surface area contributed by atoms with Crippen molar-refractivity contribution in [2.24, 2.45) is 0 Å². The highest BCUT2D eigenvalue weighted by Crippen LogP contribution is 2.33. The summed E-state index contributed by atoms with van der Waals surface area (Å²) in [6, 6.07) is 19.5. The topological polar surface area (TPSA) is 58.6 Å². The molecule has 0 saturated heterocycles. The van der Waals surface area contributed by atoms with Gasteiger partial charge in [-0.25, -0.2) is 0 Å². The molecule has 0 spiro atoms. The fraction of sp³-hybridized carbons (Fsp3) is 0.400. The van der Waals surface area contributed by atoms with Gasteiger partial charge in [-0.15, -0.1) is 0 Å². The van der Waals surface area contributed by atoms with Gasteiger partial charge in [0.1, 0.15) is 11.8 Å². The summed E-state index contributed by atoms with van der Waals surface area (Å²) in [7, 11) is 0. The van der Waals surface area contributed by atoms with Gasteiger partial charge in [-0.05, 0) is 70.1 Å². The van der Waals surface area contributed by atoms with Crippen LogP contribution in [0.1, 0.15) is 56.6 Å². The van der Waals surface area contributed by atoms with Gasteiger partial charge in [-0.3, -0.25) is 9.59 Å². The molecule has 3 aromatic rings. The van der Waals surface area contributed by atoms with Gasteiger partial charge < -0.3 is 15.0 Å². The van der Waals surface area contributed by atoms with Crippen LogP contribution in [0, 0.1) is 6.92 Å². The molecule has 0 heterocycles. The Morgan fingerprint density at radius 3 is 2.50 bits per heavy atom. The molecule has 3 aromatic carbocycles. The molecule has 4 rings (SSSR count). The lowest BCUT2D eigenvalue weighted by atomic mass is 9.95. The second-order valence-electron chi connectivity index (χ2n) is 9.60. The molecule has 190 valence electrons. The van der Waals surface area contributed by atoms with Gasteiger partial charge in [0, 0.05) is 12.6 Å². The summed E-state index contributed by atoms with van der Waals surface area (Å²) in [5, 5.41) is 5.35. The summed E-state index contributed by atoms with van der Waals surface area (Å²) in [4.78, 5) is 28.7. The first kappa shape index (κ1) is 26.2. The minimum absolute atomic E-state index is 0.0711. The van der Waals surface area contributed by atoms with Gasteiger partial charge in [-0.1, -0.05) is 80.8 Å². The molecule has 36 heavy (non-hydrogen) atoms. The number of halogens is 1. The fourth-order valence-corrected chi connectivity index (χ4v) is 5.59. The van der Waals surface area contributed by atoms with E-state index in [1.165, 1.54) is 6.42 Å². The van der Waals surface area contributed by atoms with Crippen LogP contribution in [0.15, 0.2) is 65.1 Å². The molecule has 1 aliphatic rings. The summed E-state index contributed by atoms with van der Waals surface area (Å²) in [6.45, 7) is 4.22. The number of carbonyl (C=O) groups excluding carboxylic acids is 2. The van der Waals surface area contributed by atoms with Crippen LogP contribution in [0.4, 0.5) is 0 Å². The minimum Gasteiger partial charge on any atom is -0.483 e. The number of hydrogen-bond donors (Lipinski definition) is 1. The Bertz CT molecular complexity index is 1210. The Hall–Kier alpha value is -2.86. The molecule has 1 atom stereocenters. The van der Waals surface area contributed by atoms with Crippen LogP contribution in [0.5, 0.6) is 5.75 Å². The molecule has 0 aromatic heterocycles. The molecule has 0 bridgehead atoms. The lowest BCUT2D eigenvalue weighted by Crippen LogP contribution is -2.52. The minimum atomic E-state index is -0.553. The van der Waals surface area contributed by atoms with Crippen molar-refractivity contribution in [3.63, 3.8) is 0 Å². The van der Waals surface area contributed by atoms with Crippen LogP contribution in [0.3, 0.4) is 0 Å². The first-order chi connectivity index (χ1) is 17.5. The summed E-state index contributed by atoms with van der Waals surface area (Å²) in [6.07, 6.45) is 6.06. The van der Waals surface area contributed by atoms with E-state index in [0.29, 0.717) is 18.7 Å². The first-order valence-corrected chi connectivity index (χ1v) is 13.7. The van der Waals surface area contributed by atoms with Crippen LogP contribution in [0.2, 0.25) is 0 Å². The molecule has 5 nitrogen and oxygen atoms in total. The lowest BCUT2D eigenvalue weighted by molar-refractivity contribution is -0.143. The van der Waals surface area contributed by atoms with Crippen LogP contribution in [-0.4, -0.2) is 35.4 Å². The smallest absolute Gasteiger partial charge is 0.261 e. The molecule has 2 amide bonds. The summed E-state index contributed by atoms with van der Waals surface area (Å²) < 4.78 is 6.83. The van der Waals surface area contributed by atoms with Gasteiger partial charge in [-0.2, -0.15) is 0 Å². The fourth-order valence-electron chi connectivity index (χ4n) is 4.98. The van der Waals surface area contributed by atoms with Crippen molar-refractivity contribution in [1.29, 1.82) is 0 Å². The van der Waals surface area contributed by atoms with Crippen molar-refractivity contribution in [2.45, 2.75) is 71.0 Å². The zero-order valence-corrected chi connectivity index (χ0v) is 22.7. The Labute approximate surface area is 222 Å². The molecule has 1 fully saturated rings. The van der Waals surface area contributed by atoms with Crippen LogP contribution >= 0.6 is 15.9 Å². The third-order valence-corrected chi connectivity index (χ3v) is 7.94. The lowest BCUT2D eigenvalue weighted by Gasteiger charge is -2.33. The SMILES string of the molecule is CC[C@@H](C(=O)NC1CCCCC1)N(Cc1ccccc1C)C(=O)COc1ccc2ccccc2c1Br. The van der Waals surface area contributed by atoms with Crippen molar-refractivity contribution in [2.75, 3.05) is 6.61 Å². The number of aryl methyl sites for hydroxylation is 1. The van der Waals surface area contributed by atoms with Crippen LogP contribution in [0.25, 0.3) is 10.8 Å². The van der Waals surface area contributed by atoms with Crippen molar-refractivity contribution >= 4 is 38.5 Å². The first-order valence-electron chi connectivity index (χ1n) is 12.9. The van der Waals surface area contributed by atoms with Crippen molar-refractivity contribution in [3.8, 4) is 5.75 Å². The van der Waals surface area contributed by atoms with E-state index in [9.17, 15) is 9.59 Å². The Balaban J connectivity index is 1.54. The van der Waals surface area contributed by atoms with E-state index in [4.69, 9.17) is 4.74 Å². The molecule has 1 aliphatic carbocycles. The standard InChI is InChI=1S/C30H35BrN2O3/c1-3-26(30(35)32-24-14-5-4-6-15-24)33(19-23-13-8-7-11-21(23)2)28(34)20-36-27-18-17-22-12-9-10-16-25(22)29(27)31/h7-13,16-18,24,26H,3-6,14-15,19-20H2,1-2H3,(H,32,35)/t26-/m0/s1. The van der Waals surface area contributed by atoms with Crippen LogP contribution < -0.4 is 10.1 Å². The van der Waals surface area contributed by atoms with Crippen LogP contribution in [-0.2, 0) is 16.1 Å². The summed E-state index contributed by atoms with van der Waals surface area (Å²) >= 11 is 3.64. The van der Waals surface area contributed by atoms with Crippen molar-refractivity contribution in [1.82, 2.24) is 10.2 Å². The number of nitrogens with one attached hydrogen (secondary N) is 1. The second kappa shape index (κ2) is 12.4. The molecule has 0 radical (unpaired) electrons. The maximum atomic E-state index is 13.6. The highest BCUT2D eigenvalue weighted by Gasteiger charge is 2.31. The number of nitrogens with zero attached hydrogens (tertiary/aromatic N) is 1. The molecule has 0 aliphatic heterocycles. The molecule has 1 saturated carbocycles. The number of ether oxygens (including phenoxy) is 1. The predicted molar refractivity (Wildman–Crippen MR) is 148 cm³/mol. The number of fused-ring (bicyclic) bond motifs is 1. The van der Waals surface area contributed by atoms with E-state index < -0.39 is 6.04 Å². The van der Waals surface area contributed by atoms with E-state index >= 15 is 0 Å².